The number of halogens is 1. The zero-order valence-corrected chi connectivity index (χ0v) is 16.2. The lowest BCUT2D eigenvalue weighted by Crippen LogP contribution is -2.71. The third kappa shape index (κ3) is 3.47. The summed E-state index contributed by atoms with van der Waals surface area (Å²) in [6, 6.07) is -0.897. The summed E-state index contributed by atoms with van der Waals surface area (Å²) in [5, 5.41) is 16.9. The molecule has 2 aliphatic rings. The number of nitrogens with two attached hydrogens (primary N) is 1. The first-order chi connectivity index (χ1) is 12.9. The Morgan fingerprint density at radius 2 is 2.33 bits per heavy atom. The zero-order chi connectivity index (χ0) is 19.7. The number of hydrogen-bond acceptors (Lipinski definition) is 9. The summed E-state index contributed by atoms with van der Waals surface area (Å²) in [6.07, 6.45) is 0. The van der Waals surface area contributed by atoms with E-state index in [1.807, 2.05) is 0 Å². The average molecular weight is 432 g/mol. The molecule has 0 bridgehead atoms. The Labute approximate surface area is 166 Å². The second-order valence-corrected chi connectivity index (χ2v) is 7.71. The van der Waals surface area contributed by atoms with Gasteiger partial charge in [0.2, 0.25) is 0 Å². The predicted octanol–water partition coefficient (Wildman–Crippen LogP) is 0.0532. The third-order valence-electron chi connectivity index (χ3n) is 3.86. The SMILES string of the molecule is CO/N=C(\C(=O)N[C@@H]1C(=O)N2C(C(=O)O)=C(CCl)CS[C@H]12)c1csc(N)n1. The molecule has 4 N–H and O–H groups in total. The van der Waals surface area contributed by atoms with Crippen molar-refractivity contribution < 1.29 is 24.3 Å². The molecule has 0 aromatic carbocycles. The van der Waals surface area contributed by atoms with Crippen LogP contribution < -0.4 is 11.1 Å². The molecule has 3 heterocycles. The molecular formula is C14H14ClN5O5S2. The number of nitrogen functional groups attached to an aromatic ring is 1. The second kappa shape index (κ2) is 7.74. The van der Waals surface area contributed by atoms with E-state index < -0.39 is 29.2 Å². The number of anilines is 1. The number of oxime groups is 1. The smallest absolute Gasteiger partial charge is 0.352 e. The van der Waals surface area contributed by atoms with E-state index in [0.29, 0.717) is 11.3 Å². The van der Waals surface area contributed by atoms with Crippen molar-refractivity contribution in [2.24, 2.45) is 5.16 Å². The van der Waals surface area contributed by atoms with Gasteiger partial charge < -0.3 is 21.0 Å². The van der Waals surface area contributed by atoms with Crippen molar-refractivity contribution in [3.63, 3.8) is 0 Å². The third-order valence-corrected chi connectivity index (χ3v) is 6.20. The largest absolute Gasteiger partial charge is 0.477 e. The summed E-state index contributed by atoms with van der Waals surface area (Å²) in [6.45, 7) is 0. The van der Waals surface area contributed by atoms with E-state index in [9.17, 15) is 19.5 Å². The number of carbonyl (C=O) groups is 3. The van der Waals surface area contributed by atoms with Crippen LogP contribution in [-0.4, -0.2) is 68.6 Å². The number of rotatable bonds is 6. The fourth-order valence-electron chi connectivity index (χ4n) is 2.69. The van der Waals surface area contributed by atoms with Crippen molar-refractivity contribution in [1.29, 1.82) is 0 Å². The number of hydrogen-bond donors (Lipinski definition) is 3. The number of aromatic nitrogens is 1. The first-order valence-electron chi connectivity index (χ1n) is 7.48. The Kier molecular flexibility index (Phi) is 5.58. The molecule has 0 saturated carbocycles. The molecule has 1 aromatic heterocycles. The van der Waals surface area contributed by atoms with E-state index in [1.165, 1.54) is 24.3 Å². The van der Waals surface area contributed by atoms with Gasteiger partial charge in [0.15, 0.2) is 10.8 Å². The number of carboxylic acids is 1. The first kappa shape index (κ1) is 19.5. The van der Waals surface area contributed by atoms with Gasteiger partial charge in [-0.3, -0.25) is 14.5 Å². The minimum absolute atomic E-state index is 0.0120. The summed E-state index contributed by atoms with van der Waals surface area (Å²) in [5.41, 5.74) is 6.00. The van der Waals surface area contributed by atoms with Gasteiger partial charge in [0.05, 0.1) is 0 Å². The average Bonchev–Trinajstić information content (AvgIpc) is 3.08. The van der Waals surface area contributed by atoms with Gasteiger partial charge >= 0.3 is 5.97 Å². The number of carbonyl (C=O) groups excluding carboxylic acids is 2. The van der Waals surface area contributed by atoms with Crippen molar-refractivity contribution in [1.82, 2.24) is 15.2 Å². The van der Waals surface area contributed by atoms with Gasteiger partial charge in [0.25, 0.3) is 11.8 Å². The van der Waals surface area contributed by atoms with Gasteiger partial charge in [-0.25, -0.2) is 9.78 Å². The predicted molar refractivity (Wildman–Crippen MR) is 100 cm³/mol. The molecule has 27 heavy (non-hydrogen) atoms. The maximum Gasteiger partial charge on any atom is 0.352 e. The van der Waals surface area contributed by atoms with E-state index in [-0.39, 0.29) is 28.1 Å². The molecule has 10 nitrogen and oxygen atoms in total. The number of carboxylic acid groups (broad SMARTS) is 1. The van der Waals surface area contributed by atoms with E-state index >= 15 is 0 Å². The number of fused-ring (bicyclic) bond motifs is 1. The minimum atomic E-state index is -1.23. The van der Waals surface area contributed by atoms with Gasteiger partial charge in [0.1, 0.15) is 29.9 Å². The van der Waals surface area contributed by atoms with Crippen molar-refractivity contribution in [3.05, 3.63) is 22.3 Å². The number of nitrogens with one attached hydrogen (secondary N) is 1. The number of thiazole rings is 1. The lowest BCUT2D eigenvalue weighted by Gasteiger charge is -2.49. The maximum atomic E-state index is 12.6. The lowest BCUT2D eigenvalue weighted by molar-refractivity contribution is -0.150. The number of alkyl halides is 1. The Morgan fingerprint density at radius 1 is 1.59 bits per heavy atom. The quantitative estimate of drug-likeness (QED) is 0.248. The summed E-state index contributed by atoms with van der Waals surface area (Å²) in [7, 11) is 1.27. The molecule has 0 unspecified atom stereocenters. The van der Waals surface area contributed by atoms with Crippen LogP contribution in [0.1, 0.15) is 5.69 Å². The molecule has 2 aliphatic heterocycles. The highest BCUT2D eigenvalue weighted by Gasteiger charge is 2.54. The number of aliphatic carboxylic acids is 1. The van der Waals surface area contributed by atoms with Crippen molar-refractivity contribution in [2.75, 3.05) is 24.5 Å². The highest BCUT2D eigenvalue weighted by atomic mass is 35.5. The Balaban J connectivity index is 1.79. The Hall–Kier alpha value is -2.31. The number of nitrogens with zero attached hydrogens (tertiary/aromatic N) is 3. The molecule has 3 rings (SSSR count). The van der Waals surface area contributed by atoms with Crippen LogP contribution in [-0.2, 0) is 19.2 Å². The summed E-state index contributed by atoms with van der Waals surface area (Å²) >= 11 is 8.24. The van der Waals surface area contributed by atoms with Crippen LogP contribution in [0.5, 0.6) is 0 Å². The van der Waals surface area contributed by atoms with Gasteiger partial charge in [-0.15, -0.1) is 34.7 Å². The Morgan fingerprint density at radius 3 is 2.89 bits per heavy atom. The van der Waals surface area contributed by atoms with Gasteiger partial charge in [-0.2, -0.15) is 0 Å². The van der Waals surface area contributed by atoms with E-state index in [2.05, 4.69) is 20.3 Å². The fraction of sp³-hybridized carbons (Fsp3) is 0.357. The van der Waals surface area contributed by atoms with Gasteiger partial charge in [0, 0.05) is 17.0 Å². The molecule has 2 amide bonds. The molecule has 0 radical (unpaired) electrons. The van der Waals surface area contributed by atoms with Crippen LogP contribution in [0, 0.1) is 0 Å². The molecule has 144 valence electrons. The standard InChI is InChI=1S/C14H14ClN5O5S2/c1-25-19-7(6-4-27-14(16)17-6)10(21)18-8-11(22)20-9(13(23)24)5(2-15)3-26-12(8)20/h4,8,12H,2-3H2,1H3,(H2,16,17)(H,18,21)(H,23,24)/b19-7-/t8-,12-/m1/s1. The van der Waals surface area contributed by atoms with Crippen LogP contribution in [0.3, 0.4) is 0 Å². The highest BCUT2D eigenvalue weighted by molar-refractivity contribution is 8.00. The van der Waals surface area contributed by atoms with Crippen molar-refractivity contribution >= 4 is 63.3 Å². The molecule has 13 heteroatoms. The van der Waals surface area contributed by atoms with E-state index in [0.717, 1.165) is 16.2 Å². The molecule has 0 spiro atoms. The monoisotopic (exact) mass is 431 g/mol. The topological polar surface area (TPSA) is 147 Å². The van der Waals surface area contributed by atoms with E-state index in [1.54, 1.807) is 0 Å². The van der Waals surface area contributed by atoms with Gasteiger partial charge in [-0.1, -0.05) is 5.16 Å². The first-order valence-corrected chi connectivity index (χ1v) is 9.94. The van der Waals surface area contributed by atoms with Gasteiger partial charge in [-0.05, 0) is 5.57 Å². The van der Waals surface area contributed by atoms with Crippen LogP contribution in [0.25, 0.3) is 0 Å². The second-order valence-electron chi connectivity index (χ2n) is 5.45. The van der Waals surface area contributed by atoms with Crippen LogP contribution in [0.2, 0.25) is 0 Å². The molecule has 2 atom stereocenters. The number of β-lactam (4-membered cyclic amide) rings is 1. The fourth-order valence-corrected chi connectivity index (χ4v) is 4.91. The molecular weight excluding hydrogens is 418 g/mol. The molecule has 1 fully saturated rings. The zero-order valence-electron chi connectivity index (χ0n) is 13.8. The Bertz CT molecular complexity index is 870. The summed E-state index contributed by atoms with van der Waals surface area (Å²) in [4.78, 5) is 46.4. The van der Waals surface area contributed by atoms with Crippen LogP contribution in [0.4, 0.5) is 5.13 Å². The minimum Gasteiger partial charge on any atom is -0.477 e. The van der Waals surface area contributed by atoms with Crippen LogP contribution >= 0.6 is 34.7 Å². The molecule has 0 aliphatic carbocycles. The number of thioether (sulfide) groups is 1. The highest BCUT2D eigenvalue weighted by Crippen LogP contribution is 2.40. The molecule has 1 saturated heterocycles. The van der Waals surface area contributed by atoms with E-state index in [4.69, 9.17) is 17.3 Å². The molecule has 1 aromatic rings. The summed E-state index contributed by atoms with van der Waals surface area (Å²) in [5.74, 6) is -2.07. The van der Waals surface area contributed by atoms with Crippen LogP contribution in [0.15, 0.2) is 21.8 Å². The number of amides is 2. The maximum absolute atomic E-state index is 12.6. The summed E-state index contributed by atoms with van der Waals surface area (Å²) < 4.78 is 0. The van der Waals surface area contributed by atoms with Crippen molar-refractivity contribution in [2.45, 2.75) is 11.4 Å². The van der Waals surface area contributed by atoms with Crippen molar-refractivity contribution in [3.8, 4) is 0 Å². The normalized spacial score (nSPS) is 22.2. The lowest BCUT2D eigenvalue weighted by atomic mass is 10.0.